The molecule has 0 spiro atoms. The summed E-state index contributed by atoms with van der Waals surface area (Å²) in [6, 6.07) is 19.3. The van der Waals surface area contributed by atoms with Crippen molar-refractivity contribution in [1.82, 2.24) is 15.1 Å². The van der Waals surface area contributed by atoms with Gasteiger partial charge in [-0.1, -0.05) is 30.3 Å². The number of ether oxygens (including phenoxy) is 1. The van der Waals surface area contributed by atoms with Crippen LogP contribution in [0.1, 0.15) is 22.5 Å². The number of aryl methyl sites for hydroxylation is 2. The van der Waals surface area contributed by atoms with Crippen molar-refractivity contribution in [3.05, 3.63) is 77.1 Å². The Hall–Kier alpha value is -2.59. The van der Waals surface area contributed by atoms with Crippen molar-refractivity contribution in [3.63, 3.8) is 0 Å². The van der Waals surface area contributed by atoms with Crippen LogP contribution < -0.4 is 10.1 Å². The van der Waals surface area contributed by atoms with Crippen LogP contribution in [0.25, 0.3) is 5.69 Å². The highest BCUT2D eigenvalue weighted by Crippen LogP contribution is 2.24. The Labute approximate surface area is 148 Å². The van der Waals surface area contributed by atoms with Crippen LogP contribution in [0.5, 0.6) is 5.75 Å². The molecule has 0 bridgehead atoms. The lowest BCUT2D eigenvalue weighted by atomic mass is 10.0. The number of hydrogen-bond acceptors (Lipinski definition) is 3. The standard InChI is InChI=1S/C21H23N3O/c1-15-10-16(2)24(23-15)20-8-5-6-17(11-20)13-22-19-12-18-7-3-4-9-21(18)25-14-19/h3-11,19,22H,12-14H2,1-2H3/t19-/m1/s1. The number of benzene rings is 2. The van der Waals surface area contributed by atoms with Crippen LogP contribution in [0.4, 0.5) is 0 Å². The number of fused-ring (bicyclic) bond motifs is 1. The number of rotatable bonds is 4. The van der Waals surface area contributed by atoms with Gasteiger partial charge in [0, 0.05) is 18.3 Å². The lowest BCUT2D eigenvalue weighted by Crippen LogP contribution is -2.38. The Bertz CT molecular complexity index is 884. The SMILES string of the molecule is Cc1cc(C)n(-c2cccc(CN[C@H]3COc4ccccc4C3)c2)n1. The van der Waals surface area contributed by atoms with Gasteiger partial charge in [0.25, 0.3) is 0 Å². The van der Waals surface area contributed by atoms with Gasteiger partial charge in [-0.05, 0) is 55.7 Å². The highest BCUT2D eigenvalue weighted by molar-refractivity contribution is 5.38. The van der Waals surface area contributed by atoms with Gasteiger partial charge < -0.3 is 10.1 Å². The predicted molar refractivity (Wildman–Crippen MR) is 99.3 cm³/mol. The molecule has 1 atom stereocenters. The molecule has 1 aromatic heterocycles. The second-order valence-electron chi connectivity index (χ2n) is 6.71. The van der Waals surface area contributed by atoms with Crippen LogP contribution >= 0.6 is 0 Å². The maximum Gasteiger partial charge on any atom is 0.122 e. The van der Waals surface area contributed by atoms with Crippen molar-refractivity contribution in [1.29, 1.82) is 0 Å². The number of para-hydroxylation sites is 1. The fourth-order valence-corrected chi connectivity index (χ4v) is 3.41. The molecule has 1 aliphatic rings. The second kappa shape index (κ2) is 6.73. The highest BCUT2D eigenvalue weighted by Gasteiger charge is 2.18. The number of nitrogens with one attached hydrogen (secondary N) is 1. The zero-order valence-corrected chi connectivity index (χ0v) is 14.7. The molecule has 1 N–H and O–H groups in total. The fourth-order valence-electron chi connectivity index (χ4n) is 3.41. The van der Waals surface area contributed by atoms with Gasteiger partial charge in [0.1, 0.15) is 12.4 Å². The molecule has 4 rings (SSSR count). The molecular formula is C21H23N3O. The molecule has 0 unspecified atom stereocenters. The largest absolute Gasteiger partial charge is 0.492 e. The minimum Gasteiger partial charge on any atom is -0.492 e. The zero-order valence-electron chi connectivity index (χ0n) is 14.7. The molecule has 128 valence electrons. The van der Waals surface area contributed by atoms with Crippen molar-refractivity contribution in [2.75, 3.05) is 6.61 Å². The van der Waals surface area contributed by atoms with E-state index in [2.05, 4.69) is 59.8 Å². The Morgan fingerprint density at radius 3 is 2.84 bits per heavy atom. The molecule has 4 nitrogen and oxygen atoms in total. The van der Waals surface area contributed by atoms with E-state index in [1.165, 1.54) is 11.1 Å². The van der Waals surface area contributed by atoms with Gasteiger partial charge in [0.05, 0.1) is 11.4 Å². The quantitative estimate of drug-likeness (QED) is 0.793. The first-order valence-electron chi connectivity index (χ1n) is 8.76. The molecular weight excluding hydrogens is 310 g/mol. The molecule has 2 aromatic carbocycles. The van der Waals surface area contributed by atoms with Gasteiger partial charge in [0.15, 0.2) is 0 Å². The van der Waals surface area contributed by atoms with Crippen LogP contribution in [-0.2, 0) is 13.0 Å². The van der Waals surface area contributed by atoms with E-state index in [-0.39, 0.29) is 0 Å². The van der Waals surface area contributed by atoms with E-state index in [1.807, 2.05) is 23.7 Å². The van der Waals surface area contributed by atoms with E-state index in [0.29, 0.717) is 12.6 Å². The molecule has 2 heterocycles. The van der Waals surface area contributed by atoms with Crippen molar-refractivity contribution in [2.45, 2.75) is 32.9 Å². The number of nitrogens with zero attached hydrogens (tertiary/aromatic N) is 2. The lowest BCUT2D eigenvalue weighted by molar-refractivity contribution is 0.238. The third-order valence-electron chi connectivity index (χ3n) is 4.64. The normalized spacial score (nSPS) is 16.3. The summed E-state index contributed by atoms with van der Waals surface area (Å²) in [6.45, 7) is 5.65. The van der Waals surface area contributed by atoms with Crippen molar-refractivity contribution in [2.24, 2.45) is 0 Å². The predicted octanol–water partition coefficient (Wildman–Crippen LogP) is 3.58. The molecule has 25 heavy (non-hydrogen) atoms. The first-order valence-corrected chi connectivity index (χ1v) is 8.76. The van der Waals surface area contributed by atoms with Gasteiger partial charge >= 0.3 is 0 Å². The smallest absolute Gasteiger partial charge is 0.122 e. The molecule has 3 aromatic rings. The van der Waals surface area contributed by atoms with E-state index in [4.69, 9.17) is 4.74 Å². The lowest BCUT2D eigenvalue weighted by Gasteiger charge is -2.26. The number of hydrogen-bond donors (Lipinski definition) is 1. The maximum absolute atomic E-state index is 5.86. The Morgan fingerprint density at radius 1 is 1.12 bits per heavy atom. The third-order valence-corrected chi connectivity index (χ3v) is 4.64. The molecule has 0 aliphatic carbocycles. The van der Waals surface area contributed by atoms with Gasteiger partial charge in [-0.2, -0.15) is 5.10 Å². The summed E-state index contributed by atoms with van der Waals surface area (Å²) >= 11 is 0. The molecule has 0 radical (unpaired) electrons. The zero-order chi connectivity index (χ0) is 17.2. The second-order valence-corrected chi connectivity index (χ2v) is 6.71. The van der Waals surface area contributed by atoms with E-state index >= 15 is 0 Å². The highest BCUT2D eigenvalue weighted by atomic mass is 16.5. The van der Waals surface area contributed by atoms with Crippen molar-refractivity contribution >= 4 is 0 Å². The summed E-state index contributed by atoms with van der Waals surface area (Å²) in [6.07, 6.45) is 1.01. The molecule has 0 saturated carbocycles. The van der Waals surface area contributed by atoms with Crippen LogP contribution in [0.15, 0.2) is 54.6 Å². The average Bonchev–Trinajstić information content (AvgIpc) is 2.98. The summed E-state index contributed by atoms with van der Waals surface area (Å²) < 4.78 is 7.86. The minimum atomic E-state index is 0.340. The molecule has 1 aliphatic heterocycles. The molecule has 0 fully saturated rings. The Morgan fingerprint density at radius 2 is 2.00 bits per heavy atom. The molecule has 0 saturated heterocycles. The minimum absolute atomic E-state index is 0.340. The molecule has 0 amide bonds. The van der Waals surface area contributed by atoms with Crippen molar-refractivity contribution in [3.8, 4) is 11.4 Å². The summed E-state index contributed by atoms with van der Waals surface area (Å²) in [5.41, 5.74) is 5.83. The summed E-state index contributed by atoms with van der Waals surface area (Å²) in [7, 11) is 0. The molecule has 4 heteroatoms. The van der Waals surface area contributed by atoms with Crippen molar-refractivity contribution < 1.29 is 4.74 Å². The topological polar surface area (TPSA) is 39.1 Å². The average molecular weight is 333 g/mol. The van der Waals surface area contributed by atoms with Crippen LogP contribution in [0.3, 0.4) is 0 Å². The fraction of sp³-hybridized carbons (Fsp3) is 0.286. The van der Waals surface area contributed by atoms with Gasteiger partial charge in [0.2, 0.25) is 0 Å². The maximum atomic E-state index is 5.86. The van der Waals surface area contributed by atoms with E-state index in [0.717, 1.165) is 35.8 Å². The van der Waals surface area contributed by atoms with E-state index in [1.54, 1.807) is 0 Å². The summed E-state index contributed by atoms with van der Waals surface area (Å²) in [5, 5.41) is 8.20. The monoisotopic (exact) mass is 333 g/mol. The van der Waals surface area contributed by atoms with Gasteiger partial charge in [-0.3, -0.25) is 0 Å². The van der Waals surface area contributed by atoms with E-state index in [9.17, 15) is 0 Å². The van der Waals surface area contributed by atoms with Gasteiger partial charge in [-0.25, -0.2) is 4.68 Å². The first kappa shape index (κ1) is 15.9. The summed E-state index contributed by atoms with van der Waals surface area (Å²) in [5.74, 6) is 1.02. The van der Waals surface area contributed by atoms with Crippen LogP contribution in [0, 0.1) is 13.8 Å². The summed E-state index contributed by atoms with van der Waals surface area (Å²) in [4.78, 5) is 0. The van der Waals surface area contributed by atoms with Crippen LogP contribution in [0.2, 0.25) is 0 Å². The van der Waals surface area contributed by atoms with Gasteiger partial charge in [-0.15, -0.1) is 0 Å². The van der Waals surface area contributed by atoms with Crippen LogP contribution in [-0.4, -0.2) is 22.4 Å². The Kier molecular flexibility index (Phi) is 4.28. The number of aromatic nitrogens is 2. The van der Waals surface area contributed by atoms with E-state index < -0.39 is 0 Å². The Balaban J connectivity index is 1.44. The first-order chi connectivity index (χ1) is 12.2. The third kappa shape index (κ3) is 3.44.